The van der Waals surface area contributed by atoms with Gasteiger partial charge in [0.05, 0.1) is 17.3 Å². The molecular formula is C12H11ClN4. The number of hydrogen-bond acceptors (Lipinski definition) is 2. The zero-order chi connectivity index (χ0) is 11.7. The number of hydrogen-bond donors (Lipinski definition) is 1. The third kappa shape index (κ3) is 2.12. The van der Waals surface area contributed by atoms with Crippen LogP contribution >= 0.6 is 11.6 Å². The third-order valence-corrected chi connectivity index (χ3v) is 2.74. The summed E-state index contributed by atoms with van der Waals surface area (Å²) in [7, 11) is 0. The minimum Gasteiger partial charge on any atom is -0.320 e. The van der Waals surface area contributed by atoms with Gasteiger partial charge >= 0.3 is 0 Å². The number of halogens is 1. The van der Waals surface area contributed by atoms with Crippen LogP contribution in [0.5, 0.6) is 0 Å². The summed E-state index contributed by atoms with van der Waals surface area (Å²) in [4.78, 5) is 4.48. The number of pyridine rings is 1. The van der Waals surface area contributed by atoms with E-state index < -0.39 is 0 Å². The van der Waals surface area contributed by atoms with E-state index in [0.29, 0.717) is 11.6 Å². The van der Waals surface area contributed by atoms with E-state index in [2.05, 4.69) is 10.4 Å². The average Bonchev–Trinajstić information content (AvgIpc) is 2.94. The number of fused-ring (bicyclic) bond motifs is 1. The van der Waals surface area contributed by atoms with E-state index in [0.717, 1.165) is 11.3 Å². The zero-order valence-electron chi connectivity index (χ0n) is 9.05. The minimum absolute atomic E-state index is 0.675. The van der Waals surface area contributed by atoms with Crippen LogP contribution in [0.2, 0.25) is 5.02 Å². The van der Waals surface area contributed by atoms with Crippen molar-refractivity contribution in [2.24, 2.45) is 0 Å². The molecule has 0 unspecified atom stereocenters. The first kappa shape index (κ1) is 10.2. The van der Waals surface area contributed by atoms with Gasteiger partial charge in [-0.1, -0.05) is 11.6 Å². The summed E-state index contributed by atoms with van der Waals surface area (Å²) in [6.07, 6.45) is 7.72. The molecule has 3 rings (SSSR count). The molecule has 0 saturated carbocycles. The van der Waals surface area contributed by atoms with Gasteiger partial charge in [-0.05, 0) is 24.3 Å². The highest BCUT2D eigenvalue weighted by Crippen LogP contribution is 2.11. The Bertz CT molecular complexity index is 627. The SMILES string of the molecule is Clc1ccc2nc(CNn3cccc3)cn2c1. The van der Waals surface area contributed by atoms with Gasteiger partial charge < -0.3 is 9.83 Å². The lowest BCUT2D eigenvalue weighted by molar-refractivity contribution is 0.834. The molecule has 5 heteroatoms. The zero-order valence-corrected chi connectivity index (χ0v) is 9.80. The van der Waals surface area contributed by atoms with E-state index in [1.807, 2.05) is 58.1 Å². The maximum absolute atomic E-state index is 5.92. The molecule has 0 atom stereocenters. The van der Waals surface area contributed by atoms with Gasteiger partial charge in [-0.15, -0.1) is 0 Å². The molecule has 17 heavy (non-hydrogen) atoms. The van der Waals surface area contributed by atoms with Gasteiger partial charge in [-0.3, -0.25) is 4.68 Å². The van der Waals surface area contributed by atoms with Crippen molar-refractivity contribution in [3.63, 3.8) is 0 Å². The fraction of sp³-hybridized carbons (Fsp3) is 0.0833. The van der Waals surface area contributed by atoms with Crippen molar-refractivity contribution in [3.05, 3.63) is 59.8 Å². The lowest BCUT2D eigenvalue weighted by atomic mass is 10.5. The van der Waals surface area contributed by atoms with E-state index in [1.54, 1.807) is 0 Å². The molecule has 3 aromatic heterocycles. The van der Waals surface area contributed by atoms with E-state index in [-0.39, 0.29) is 0 Å². The van der Waals surface area contributed by atoms with Crippen LogP contribution in [0.1, 0.15) is 5.69 Å². The highest BCUT2D eigenvalue weighted by atomic mass is 35.5. The Balaban J connectivity index is 1.81. The molecule has 0 fully saturated rings. The summed E-state index contributed by atoms with van der Waals surface area (Å²) in [6, 6.07) is 7.68. The molecule has 86 valence electrons. The number of nitrogens with zero attached hydrogens (tertiary/aromatic N) is 3. The topological polar surface area (TPSA) is 34.3 Å². The van der Waals surface area contributed by atoms with Gasteiger partial charge in [0.1, 0.15) is 5.65 Å². The molecule has 0 aromatic carbocycles. The van der Waals surface area contributed by atoms with Crippen LogP contribution in [0.4, 0.5) is 0 Å². The summed E-state index contributed by atoms with van der Waals surface area (Å²) in [5.74, 6) is 0. The van der Waals surface area contributed by atoms with E-state index in [4.69, 9.17) is 11.6 Å². The largest absolute Gasteiger partial charge is 0.320 e. The van der Waals surface area contributed by atoms with Crippen LogP contribution < -0.4 is 5.43 Å². The molecule has 4 nitrogen and oxygen atoms in total. The first-order valence-corrected chi connectivity index (χ1v) is 5.69. The lowest BCUT2D eigenvalue weighted by Gasteiger charge is -2.03. The van der Waals surface area contributed by atoms with E-state index in [1.165, 1.54) is 0 Å². The van der Waals surface area contributed by atoms with E-state index in [9.17, 15) is 0 Å². The van der Waals surface area contributed by atoms with Gasteiger partial charge in [0.25, 0.3) is 0 Å². The first-order chi connectivity index (χ1) is 8.31. The molecule has 0 saturated heterocycles. The standard InChI is InChI=1S/C12H11ClN4/c13-10-3-4-12-15-11(9-16(12)8-10)7-14-17-5-1-2-6-17/h1-6,8-9,14H,7H2. The second-order valence-corrected chi connectivity index (χ2v) is 4.21. The number of imidazole rings is 1. The Labute approximate surface area is 103 Å². The van der Waals surface area contributed by atoms with Crippen molar-refractivity contribution in [1.29, 1.82) is 0 Å². The average molecular weight is 247 g/mol. The fourth-order valence-electron chi connectivity index (χ4n) is 1.71. The Morgan fingerprint density at radius 2 is 2.00 bits per heavy atom. The molecular weight excluding hydrogens is 236 g/mol. The molecule has 0 amide bonds. The Hall–Kier alpha value is -1.94. The highest BCUT2D eigenvalue weighted by molar-refractivity contribution is 6.30. The van der Waals surface area contributed by atoms with Gasteiger partial charge in [0.2, 0.25) is 0 Å². The molecule has 0 aliphatic rings. The van der Waals surface area contributed by atoms with Gasteiger partial charge in [-0.2, -0.15) is 0 Å². The van der Waals surface area contributed by atoms with Gasteiger partial charge in [0.15, 0.2) is 0 Å². The lowest BCUT2D eigenvalue weighted by Crippen LogP contribution is -2.11. The normalized spacial score (nSPS) is 10.9. The van der Waals surface area contributed by atoms with Crippen molar-refractivity contribution in [1.82, 2.24) is 14.1 Å². The van der Waals surface area contributed by atoms with Crippen LogP contribution in [0, 0.1) is 0 Å². The molecule has 0 aliphatic heterocycles. The molecule has 0 bridgehead atoms. The molecule has 3 heterocycles. The Morgan fingerprint density at radius 3 is 2.82 bits per heavy atom. The number of nitrogens with one attached hydrogen (secondary N) is 1. The second kappa shape index (κ2) is 4.14. The smallest absolute Gasteiger partial charge is 0.137 e. The molecule has 0 aliphatic carbocycles. The van der Waals surface area contributed by atoms with Crippen LogP contribution in [-0.4, -0.2) is 14.1 Å². The van der Waals surface area contributed by atoms with Crippen molar-refractivity contribution < 1.29 is 0 Å². The second-order valence-electron chi connectivity index (χ2n) is 3.77. The minimum atomic E-state index is 0.675. The molecule has 1 N–H and O–H groups in total. The Morgan fingerprint density at radius 1 is 1.18 bits per heavy atom. The fourth-order valence-corrected chi connectivity index (χ4v) is 1.88. The van der Waals surface area contributed by atoms with Crippen molar-refractivity contribution in [2.45, 2.75) is 6.54 Å². The van der Waals surface area contributed by atoms with Crippen LogP contribution in [0.25, 0.3) is 5.65 Å². The maximum Gasteiger partial charge on any atom is 0.137 e. The molecule has 0 radical (unpaired) electrons. The van der Waals surface area contributed by atoms with E-state index >= 15 is 0 Å². The first-order valence-electron chi connectivity index (χ1n) is 5.31. The molecule has 3 aromatic rings. The number of aromatic nitrogens is 3. The summed E-state index contributed by atoms with van der Waals surface area (Å²) in [6.45, 7) is 0.675. The van der Waals surface area contributed by atoms with Gasteiger partial charge in [0, 0.05) is 24.8 Å². The summed E-state index contributed by atoms with van der Waals surface area (Å²) in [5, 5.41) is 0.708. The molecule has 0 spiro atoms. The summed E-state index contributed by atoms with van der Waals surface area (Å²) >= 11 is 5.92. The predicted molar refractivity (Wildman–Crippen MR) is 67.7 cm³/mol. The van der Waals surface area contributed by atoms with Crippen molar-refractivity contribution in [3.8, 4) is 0 Å². The van der Waals surface area contributed by atoms with Crippen LogP contribution in [0.15, 0.2) is 49.1 Å². The highest BCUT2D eigenvalue weighted by Gasteiger charge is 2.01. The van der Waals surface area contributed by atoms with Crippen LogP contribution in [0.3, 0.4) is 0 Å². The summed E-state index contributed by atoms with van der Waals surface area (Å²) < 4.78 is 3.83. The van der Waals surface area contributed by atoms with Crippen molar-refractivity contribution >= 4 is 17.2 Å². The van der Waals surface area contributed by atoms with Crippen LogP contribution in [-0.2, 0) is 6.54 Å². The van der Waals surface area contributed by atoms with Crippen molar-refractivity contribution in [2.75, 3.05) is 5.43 Å². The number of rotatable bonds is 3. The maximum atomic E-state index is 5.92. The predicted octanol–water partition coefficient (Wildman–Crippen LogP) is 2.53. The monoisotopic (exact) mass is 246 g/mol. The summed E-state index contributed by atoms with van der Waals surface area (Å²) in [5.41, 5.74) is 5.10. The van der Waals surface area contributed by atoms with Gasteiger partial charge in [-0.25, -0.2) is 4.98 Å². The Kier molecular flexibility index (Phi) is 2.49. The third-order valence-electron chi connectivity index (χ3n) is 2.51. The quantitative estimate of drug-likeness (QED) is 0.771.